The molecule has 2 heterocycles. The highest BCUT2D eigenvalue weighted by atomic mass is 35.5. The molecule has 0 amide bonds. The normalized spacial score (nSPS) is 23.1. The summed E-state index contributed by atoms with van der Waals surface area (Å²) in [4.78, 5) is 30.0. The van der Waals surface area contributed by atoms with E-state index in [-0.39, 0.29) is 16.6 Å². The van der Waals surface area contributed by atoms with Crippen LogP contribution in [0, 0.1) is 0 Å². The van der Waals surface area contributed by atoms with Crippen LogP contribution in [0.1, 0.15) is 46.4 Å². The Bertz CT molecular complexity index is 714. The molecule has 0 spiro atoms. The third kappa shape index (κ3) is 2.58. The average Bonchev–Trinajstić information content (AvgIpc) is 3.15. The van der Waals surface area contributed by atoms with E-state index in [0.29, 0.717) is 22.9 Å². The van der Waals surface area contributed by atoms with Gasteiger partial charge in [-0.25, -0.2) is 0 Å². The zero-order valence-corrected chi connectivity index (χ0v) is 14.4. The van der Waals surface area contributed by atoms with Crippen LogP contribution < -0.4 is 0 Å². The Morgan fingerprint density at radius 2 is 1.46 bits per heavy atom. The predicted octanol–water partition coefficient (Wildman–Crippen LogP) is 3.08. The van der Waals surface area contributed by atoms with Gasteiger partial charge in [-0.05, 0) is 38.8 Å². The van der Waals surface area contributed by atoms with Crippen LogP contribution in [0.4, 0.5) is 0 Å². The van der Waals surface area contributed by atoms with Crippen LogP contribution in [-0.2, 0) is 0 Å². The second-order valence-corrected chi connectivity index (χ2v) is 7.21. The number of benzene rings is 1. The van der Waals surface area contributed by atoms with Crippen molar-refractivity contribution in [3.05, 3.63) is 46.1 Å². The zero-order valence-electron chi connectivity index (χ0n) is 13.6. The maximum Gasteiger partial charge on any atom is 0.211 e. The number of Topliss-reactive ketones (excluding diaryl/α,β-unsaturated/α-hetero) is 2. The molecule has 2 aliphatic heterocycles. The van der Waals surface area contributed by atoms with Crippen LogP contribution >= 0.6 is 11.6 Å². The van der Waals surface area contributed by atoms with Crippen LogP contribution in [0.2, 0.25) is 0 Å². The Kier molecular flexibility index (Phi) is 4.19. The van der Waals surface area contributed by atoms with Crippen molar-refractivity contribution >= 4 is 23.2 Å². The van der Waals surface area contributed by atoms with Crippen molar-refractivity contribution in [1.82, 2.24) is 9.80 Å². The molecule has 0 aromatic heterocycles. The summed E-state index contributed by atoms with van der Waals surface area (Å²) in [5.41, 5.74) is 1.30. The molecule has 0 radical (unpaired) electrons. The van der Waals surface area contributed by atoms with Crippen LogP contribution in [0.3, 0.4) is 0 Å². The van der Waals surface area contributed by atoms with E-state index in [2.05, 4.69) is 4.90 Å². The van der Waals surface area contributed by atoms with Crippen molar-refractivity contribution in [2.45, 2.75) is 31.7 Å². The smallest absolute Gasteiger partial charge is 0.211 e. The highest BCUT2D eigenvalue weighted by Gasteiger charge is 2.36. The Balaban J connectivity index is 1.55. The summed E-state index contributed by atoms with van der Waals surface area (Å²) in [5, 5.41) is 0.0818. The number of carbonyl (C=O) groups is 2. The topological polar surface area (TPSA) is 40.6 Å². The number of piperidine rings is 1. The van der Waals surface area contributed by atoms with E-state index in [1.807, 2.05) is 4.90 Å². The molecule has 4 nitrogen and oxygen atoms in total. The molecule has 2 saturated heterocycles. The molecular formula is C19H21ClN2O2. The third-order valence-corrected chi connectivity index (χ3v) is 5.83. The summed E-state index contributed by atoms with van der Waals surface area (Å²) in [5.74, 6) is -0.349. The van der Waals surface area contributed by atoms with Gasteiger partial charge in [-0.15, -0.1) is 0 Å². The number of likely N-dealkylation sites (tertiary alicyclic amines) is 2. The lowest BCUT2D eigenvalue weighted by atomic mass is 9.91. The monoisotopic (exact) mass is 344 g/mol. The lowest BCUT2D eigenvalue weighted by Gasteiger charge is -2.39. The van der Waals surface area contributed by atoms with E-state index in [4.69, 9.17) is 11.6 Å². The van der Waals surface area contributed by atoms with Gasteiger partial charge in [-0.1, -0.05) is 35.9 Å². The molecule has 3 aliphatic rings. The Morgan fingerprint density at radius 3 is 2.08 bits per heavy atom. The molecule has 5 heteroatoms. The first-order valence-electron chi connectivity index (χ1n) is 8.74. The largest absolute Gasteiger partial charge is 0.367 e. The molecule has 2 fully saturated rings. The lowest BCUT2D eigenvalue weighted by molar-refractivity contribution is 0.0912. The van der Waals surface area contributed by atoms with Crippen molar-refractivity contribution in [3.8, 4) is 0 Å². The van der Waals surface area contributed by atoms with Crippen molar-refractivity contribution < 1.29 is 9.59 Å². The number of fused-ring (bicyclic) bond motifs is 1. The third-order valence-electron chi connectivity index (χ3n) is 5.48. The fourth-order valence-electron chi connectivity index (χ4n) is 4.18. The molecule has 0 atom stereocenters. The number of halogens is 1. The first-order chi connectivity index (χ1) is 11.7. The fraction of sp³-hybridized carbons (Fsp3) is 0.474. The molecule has 0 saturated carbocycles. The van der Waals surface area contributed by atoms with Gasteiger partial charge in [0.1, 0.15) is 10.7 Å². The van der Waals surface area contributed by atoms with Gasteiger partial charge >= 0.3 is 0 Å². The molecule has 24 heavy (non-hydrogen) atoms. The van der Waals surface area contributed by atoms with Gasteiger partial charge in [0.2, 0.25) is 11.6 Å². The minimum absolute atomic E-state index is 0.0818. The van der Waals surface area contributed by atoms with Crippen molar-refractivity contribution in [3.63, 3.8) is 0 Å². The molecule has 1 aromatic carbocycles. The van der Waals surface area contributed by atoms with Gasteiger partial charge in [-0.2, -0.15) is 0 Å². The van der Waals surface area contributed by atoms with Gasteiger partial charge in [-0.3, -0.25) is 9.59 Å². The van der Waals surface area contributed by atoms with Gasteiger partial charge in [0, 0.05) is 30.3 Å². The van der Waals surface area contributed by atoms with Crippen LogP contribution in [0.5, 0.6) is 0 Å². The maximum atomic E-state index is 12.9. The molecule has 1 aliphatic carbocycles. The predicted molar refractivity (Wildman–Crippen MR) is 93.4 cm³/mol. The van der Waals surface area contributed by atoms with E-state index >= 15 is 0 Å². The minimum Gasteiger partial charge on any atom is -0.367 e. The number of ketones is 2. The van der Waals surface area contributed by atoms with Gasteiger partial charge in [0.15, 0.2) is 0 Å². The second-order valence-electron chi connectivity index (χ2n) is 6.83. The molecule has 0 unspecified atom stereocenters. The second kappa shape index (κ2) is 6.34. The molecule has 0 N–H and O–H groups in total. The standard InChI is InChI=1S/C19H21ClN2O2/c20-16-17(19(24)15-6-2-1-5-14(15)18(16)23)22-11-7-13(8-12-22)21-9-3-4-10-21/h1-2,5-6,13H,3-4,7-12H2. The highest BCUT2D eigenvalue weighted by molar-refractivity contribution is 6.49. The van der Waals surface area contributed by atoms with E-state index in [1.54, 1.807) is 24.3 Å². The van der Waals surface area contributed by atoms with Gasteiger partial charge in [0.25, 0.3) is 0 Å². The van der Waals surface area contributed by atoms with Gasteiger partial charge < -0.3 is 9.80 Å². The minimum atomic E-state index is -0.233. The summed E-state index contributed by atoms with van der Waals surface area (Å²) >= 11 is 6.31. The number of rotatable bonds is 2. The molecule has 126 valence electrons. The Labute approximate surface area is 147 Å². The summed E-state index contributed by atoms with van der Waals surface area (Å²) < 4.78 is 0. The first-order valence-corrected chi connectivity index (χ1v) is 9.12. The average molecular weight is 345 g/mol. The first kappa shape index (κ1) is 15.9. The van der Waals surface area contributed by atoms with E-state index in [9.17, 15) is 9.59 Å². The van der Waals surface area contributed by atoms with Crippen LogP contribution in [0.25, 0.3) is 0 Å². The van der Waals surface area contributed by atoms with E-state index < -0.39 is 0 Å². The van der Waals surface area contributed by atoms with Gasteiger partial charge in [0.05, 0.1) is 0 Å². The van der Waals surface area contributed by atoms with Crippen molar-refractivity contribution in [2.24, 2.45) is 0 Å². The highest BCUT2D eigenvalue weighted by Crippen LogP contribution is 2.32. The molecule has 0 bridgehead atoms. The summed E-state index contributed by atoms with van der Waals surface area (Å²) in [7, 11) is 0. The molecule has 1 aromatic rings. The van der Waals surface area contributed by atoms with Crippen LogP contribution in [-0.4, -0.2) is 53.6 Å². The number of hydrogen-bond donors (Lipinski definition) is 0. The number of hydrogen-bond acceptors (Lipinski definition) is 4. The SMILES string of the molecule is O=C1C(Cl)=C(N2CCC(N3CCCC3)CC2)C(=O)c2ccccc21. The summed E-state index contributed by atoms with van der Waals surface area (Å²) in [6.45, 7) is 3.96. The maximum absolute atomic E-state index is 12.9. The van der Waals surface area contributed by atoms with Crippen molar-refractivity contribution in [1.29, 1.82) is 0 Å². The summed E-state index contributed by atoms with van der Waals surface area (Å²) in [6.07, 6.45) is 4.63. The number of carbonyl (C=O) groups excluding carboxylic acids is 2. The number of nitrogens with zero attached hydrogens (tertiary/aromatic N) is 2. The number of allylic oxidation sites excluding steroid dienone is 2. The quantitative estimate of drug-likeness (QED) is 0.826. The summed E-state index contributed by atoms with van der Waals surface area (Å²) in [6, 6.07) is 7.55. The zero-order chi connectivity index (χ0) is 16.7. The van der Waals surface area contributed by atoms with Crippen molar-refractivity contribution in [2.75, 3.05) is 26.2 Å². The fourth-order valence-corrected chi connectivity index (χ4v) is 4.48. The molecular weight excluding hydrogens is 324 g/mol. The van der Waals surface area contributed by atoms with E-state index in [0.717, 1.165) is 25.9 Å². The molecule has 4 rings (SSSR count). The van der Waals surface area contributed by atoms with Crippen LogP contribution in [0.15, 0.2) is 35.0 Å². The Hall–Kier alpha value is -1.65. The van der Waals surface area contributed by atoms with E-state index in [1.165, 1.54) is 25.9 Å². The lowest BCUT2D eigenvalue weighted by Crippen LogP contribution is -2.45. The Morgan fingerprint density at radius 1 is 0.875 bits per heavy atom.